The van der Waals surface area contributed by atoms with E-state index < -0.39 is 23.5 Å². The second-order valence-corrected chi connectivity index (χ2v) is 5.32. The van der Waals surface area contributed by atoms with E-state index in [9.17, 15) is 18.0 Å². The fourth-order valence-corrected chi connectivity index (χ4v) is 2.88. The van der Waals surface area contributed by atoms with Crippen LogP contribution in [0.1, 0.15) is 18.4 Å². The molecule has 8 heteroatoms. The SMILES string of the molecule is COC(=O)C1(c2ccc(OC(F)(F)F)cc2)CC(OC)(OC)C1. The summed E-state index contributed by atoms with van der Waals surface area (Å²) in [6.45, 7) is 0. The Balaban J connectivity index is 2.27. The van der Waals surface area contributed by atoms with E-state index in [1.54, 1.807) is 0 Å². The van der Waals surface area contributed by atoms with E-state index in [0.717, 1.165) is 12.1 Å². The number of rotatable bonds is 5. The Bertz CT molecular complexity index is 555. The Labute approximate surface area is 131 Å². The van der Waals surface area contributed by atoms with Gasteiger partial charge in [0.15, 0.2) is 5.79 Å². The van der Waals surface area contributed by atoms with Gasteiger partial charge < -0.3 is 18.9 Å². The van der Waals surface area contributed by atoms with Crippen LogP contribution >= 0.6 is 0 Å². The number of halogens is 3. The molecule has 0 atom stereocenters. The number of benzene rings is 1. The zero-order valence-corrected chi connectivity index (χ0v) is 12.9. The highest BCUT2D eigenvalue weighted by molar-refractivity contribution is 5.85. The molecule has 1 aromatic carbocycles. The summed E-state index contributed by atoms with van der Waals surface area (Å²) in [5, 5.41) is 0. The van der Waals surface area contributed by atoms with E-state index in [0.29, 0.717) is 5.56 Å². The van der Waals surface area contributed by atoms with Crippen molar-refractivity contribution in [1.82, 2.24) is 0 Å². The van der Waals surface area contributed by atoms with Crippen LogP contribution < -0.4 is 4.74 Å². The van der Waals surface area contributed by atoms with Gasteiger partial charge in [-0.05, 0) is 17.7 Å². The minimum atomic E-state index is -4.76. The van der Waals surface area contributed by atoms with Crippen LogP contribution in [-0.4, -0.2) is 39.4 Å². The van der Waals surface area contributed by atoms with E-state index in [4.69, 9.17) is 14.2 Å². The number of carbonyl (C=O) groups excluding carboxylic acids is 1. The van der Waals surface area contributed by atoms with Gasteiger partial charge in [0.1, 0.15) is 11.2 Å². The highest BCUT2D eigenvalue weighted by Crippen LogP contribution is 2.53. The van der Waals surface area contributed by atoms with Gasteiger partial charge in [-0.1, -0.05) is 12.1 Å². The van der Waals surface area contributed by atoms with E-state index in [-0.39, 0.29) is 18.6 Å². The van der Waals surface area contributed by atoms with Crippen molar-refractivity contribution in [2.45, 2.75) is 30.4 Å². The van der Waals surface area contributed by atoms with Crippen molar-refractivity contribution >= 4 is 5.97 Å². The van der Waals surface area contributed by atoms with Crippen LogP contribution in [0.5, 0.6) is 5.75 Å². The Kier molecular flexibility index (Phi) is 4.59. The Hall–Kier alpha value is -1.80. The molecular weight excluding hydrogens is 317 g/mol. The summed E-state index contributed by atoms with van der Waals surface area (Å²) in [5.74, 6) is -1.76. The molecule has 128 valence electrons. The number of esters is 1. The van der Waals surface area contributed by atoms with Crippen LogP contribution in [-0.2, 0) is 24.4 Å². The summed E-state index contributed by atoms with van der Waals surface area (Å²) < 4.78 is 55.8. The Morgan fingerprint density at radius 1 is 1.04 bits per heavy atom. The average molecular weight is 334 g/mol. The zero-order chi connectivity index (χ0) is 17.3. The first-order valence-electron chi connectivity index (χ1n) is 6.75. The van der Waals surface area contributed by atoms with Crippen molar-refractivity contribution in [2.24, 2.45) is 0 Å². The van der Waals surface area contributed by atoms with Gasteiger partial charge in [0.25, 0.3) is 0 Å². The highest BCUT2D eigenvalue weighted by Gasteiger charge is 2.62. The number of carbonyl (C=O) groups is 1. The monoisotopic (exact) mass is 334 g/mol. The summed E-state index contributed by atoms with van der Waals surface area (Å²) in [7, 11) is 4.18. The predicted octanol–water partition coefficient (Wildman–Crippen LogP) is 2.78. The number of alkyl halides is 3. The van der Waals surface area contributed by atoms with Crippen LogP contribution in [0.4, 0.5) is 13.2 Å². The van der Waals surface area contributed by atoms with Crippen molar-refractivity contribution < 1.29 is 36.9 Å². The van der Waals surface area contributed by atoms with Crippen LogP contribution in [0.3, 0.4) is 0 Å². The molecule has 1 aliphatic rings. The normalized spacial score (nSPS) is 18.9. The standard InChI is InChI=1S/C15H17F3O5/c1-20-12(19)13(8-14(9-13,21-2)22-3)10-4-6-11(7-5-10)23-15(16,17)18/h4-7H,8-9H2,1-3H3. The Morgan fingerprint density at radius 3 is 1.96 bits per heavy atom. The molecule has 0 spiro atoms. The molecule has 0 aromatic heterocycles. The summed E-state index contributed by atoms with van der Waals surface area (Å²) in [6.07, 6.45) is -4.35. The lowest BCUT2D eigenvalue weighted by molar-refractivity contribution is -0.278. The lowest BCUT2D eigenvalue weighted by Crippen LogP contribution is -2.60. The summed E-state index contributed by atoms with van der Waals surface area (Å²) in [4.78, 5) is 12.2. The van der Waals surface area contributed by atoms with Crippen LogP contribution in [0, 0.1) is 0 Å². The van der Waals surface area contributed by atoms with Crippen molar-refractivity contribution in [3.05, 3.63) is 29.8 Å². The smallest absolute Gasteiger partial charge is 0.468 e. The summed E-state index contributed by atoms with van der Waals surface area (Å²) >= 11 is 0. The quantitative estimate of drug-likeness (QED) is 0.612. The van der Waals surface area contributed by atoms with Gasteiger partial charge in [0.05, 0.1) is 7.11 Å². The molecule has 2 rings (SSSR count). The van der Waals surface area contributed by atoms with Gasteiger partial charge in [0, 0.05) is 27.1 Å². The second kappa shape index (κ2) is 6.01. The van der Waals surface area contributed by atoms with Gasteiger partial charge in [0.2, 0.25) is 0 Å². The molecular formula is C15H17F3O5. The minimum Gasteiger partial charge on any atom is -0.468 e. The maximum atomic E-state index is 12.2. The van der Waals surface area contributed by atoms with Gasteiger partial charge in [-0.15, -0.1) is 13.2 Å². The first kappa shape index (κ1) is 17.6. The van der Waals surface area contributed by atoms with E-state index in [1.807, 2.05) is 0 Å². The predicted molar refractivity (Wildman–Crippen MR) is 72.8 cm³/mol. The molecule has 23 heavy (non-hydrogen) atoms. The maximum absolute atomic E-state index is 12.2. The molecule has 0 radical (unpaired) electrons. The summed E-state index contributed by atoms with van der Waals surface area (Å²) in [6, 6.07) is 5.14. The number of ether oxygens (including phenoxy) is 4. The van der Waals surface area contributed by atoms with Crippen LogP contribution in [0.2, 0.25) is 0 Å². The molecule has 0 saturated heterocycles. The zero-order valence-electron chi connectivity index (χ0n) is 12.9. The van der Waals surface area contributed by atoms with E-state index in [1.165, 1.54) is 33.5 Å². The maximum Gasteiger partial charge on any atom is 0.573 e. The topological polar surface area (TPSA) is 54.0 Å². The number of hydrogen-bond donors (Lipinski definition) is 0. The number of methoxy groups -OCH3 is 3. The van der Waals surface area contributed by atoms with E-state index in [2.05, 4.69) is 4.74 Å². The molecule has 1 fully saturated rings. The molecule has 0 unspecified atom stereocenters. The fourth-order valence-electron chi connectivity index (χ4n) is 2.88. The van der Waals surface area contributed by atoms with Gasteiger partial charge in [-0.2, -0.15) is 0 Å². The molecule has 0 amide bonds. The largest absolute Gasteiger partial charge is 0.573 e. The lowest BCUT2D eigenvalue weighted by Gasteiger charge is -2.52. The lowest BCUT2D eigenvalue weighted by atomic mass is 9.60. The van der Waals surface area contributed by atoms with Crippen molar-refractivity contribution in [2.75, 3.05) is 21.3 Å². The fraction of sp³-hybridized carbons (Fsp3) is 0.533. The molecule has 5 nitrogen and oxygen atoms in total. The molecule has 0 bridgehead atoms. The van der Waals surface area contributed by atoms with Gasteiger partial charge in [-0.3, -0.25) is 4.79 Å². The van der Waals surface area contributed by atoms with E-state index >= 15 is 0 Å². The van der Waals surface area contributed by atoms with Crippen molar-refractivity contribution in [3.8, 4) is 5.75 Å². The molecule has 0 heterocycles. The van der Waals surface area contributed by atoms with Crippen LogP contribution in [0.15, 0.2) is 24.3 Å². The number of hydrogen-bond acceptors (Lipinski definition) is 5. The van der Waals surface area contributed by atoms with Gasteiger partial charge >= 0.3 is 12.3 Å². The second-order valence-electron chi connectivity index (χ2n) is 5.32. The minimum absolute atomic E-state index is 0.207. The first-order valence-corrected chi connectivity index (χ1v) is 6.75. The third-order valence-corrected chi connectivity index (χ3v) is 4.10. The average Bonchev–Trinajstić information content (AvgIpc) is 2.47. The molecule has 1 saturated carbocycles. The first-order chi connectivity index (χ1) is 10.7. The van der Waals surface area contributed by atoms with Gasteiger partial charge in [-0.25, -0.2) is 0 Å². The molecule has 1 aromatic rings. The van der Waals surface area contributed by atoms with Crippen molar-refractivity contribution in [1.29, 1.82) is 0 Å². The van der Waals surface area contributed by atoms with Crippen molar-refractivity contribution in [3.63, 3.8) is 0 Å². The van der Waals surface area contributed by atoms with Crippen LogP contribution in [0.25, 0.3) is 0 Å². The molecule has 1 aliphatic carbocycles. The summed E-state index contributed by atoms with van der Waals surface area (Å²) in [5.41, 5.74) is -0.499. The Morgan fingerprint density at radius 2 is 1.57 bits per heavy atom. The third kappa shape index (κ3) is 3.28. The highest BCUT2D eigenvalue weighted by atomic mass is 19.4. The molecule has 0 N–H and O–H groups in total. The third-order valence-electron chi connectivity index (χ3n) is 4.10. The molecule has 0 aliphatic heterocycles.